The zero-order valence-electron chi connectivity index (χ0n) is 9.45. The van der Waals surface area contributed by atoms with E-state index in [4.69, 9.17) is 0 Å². The quantitative estimate of drug-likeness (QED) is 0.880. The highest BCUT2D eigenvalue weighted by molar-refractivity contribution is 5.19. The molecular formula is C12H13F2N3. The second-order valence-corrected chi connectivity index (χ2v) is 3.77. The Labute approximate surface area is 98.1 Å². The van der Waals surface area contributed by atoms with Gasteiger partial charge >= 0.3 is 0 Å². The second kappa shape index (κ2) is 5.05. The molecule has 0 spiro atoms. The molecule has 0 aliphatic carbocycles. The lowest BCUT2D eigenvalue weighted by atomic mass is 10.2. The van der Waals surface area contributed by atoms with Crippen LogP contribution in [0.1, 0.15) is 11.3 Å². The van der Waals surface area contributed by atoms with Gasteiger partial charge in [-0.15, -0.1) is 0 Å². The summed E-state index contributed by atoms with van der Waals surface area (Å²) < 4.78 is 27.7. The van der Waals surface area contributed by atoms with Gasteiger partial charge in [-0.25, -0.2) is 8.78 Å². The van der Waals surface area contributed by atoms with Gasteiger partial charge in [-0.3, -0.25) is 4.68 Å². The van der Waals surface area contributed by atoms with Gasteiger partial charge in [0, 0.05) is 24.4 Å². The highest BCUT2D eigenvalue weighted by atomic mass is 19.1. The molecule has 1 aromatic carbocycles. The Morgan fingerprint density at radius 2 is 2.12 bits per heavy atom. The van der Waals surface area contributed by atoms with Gasteiger partial charge in [0.25, 0.3) is 0 Å². The molecule has 0 bridgehead atoms. The fraction of sp³-hybridized carbons (Fsp3) is 0.250. The van der Waals surface area contributed by atoms with E-state index < -0.39 is 11.6 Å². The first-order chi connectivity index (χ1) is 8.19. The Kier molecular flexibility index (Phi) is 3.49. The van der Waals surface area contributed by atoms with Crippen molar-refractivity contribution in [3.05, 3.63) is 53.4 Å². The van der Waals surface area contributed by atoms with Crippen molar-refractivity contribution < 1.29 is 8.78 Å². The smallest absolute Gasteiger partial charge is 0.131 e. The molecule has 0 aliphatic rings. The first-order valence-corrected chi connectivity index (χ1v) is 5.30. The van der Waals surface area contributed by atoms with E-state index in [0.29, 0.717) is 18.7 Å². The molecule has 17 heavy (non-hydrogen) atoms. The third-order valence-electron chi connectivity index (χ3n) is 2.40. The molecule has 0 radical (unpaired) electrons. The summed E-state index contributed by atoms with van der Waals surface area (Å²) in [6.45, 7) is 0.967. The molecule has 3 nitrogen and oxygen atoms in total. The largest absolute Gasteiger partial charge is 0.314 e. The zero-order chi connectivity index (χ0) is 12.3. The van der Waals surface area contributed by atoms with Crippen molar-refractivity contribution in [3.8, 4) is 0 Å². The summed E-state index contributed by atoms with van der Waals surface area (Å²) in [6.07, 6.45) is 1.77. The lowest BCUT2D eigenvalue weighted by Crippen LogP contribution is -2.08. The van der Waals surface area contributed by atoms with Crippen LogP contribution in [0.2, 0.25) is 0 Å². The van der Waals surface area contributed by atoms with Crippen molar-refractivity contribution >= 4 is 0 Å². The van der Waals surface area contributed by atoms with E-state index in [1.165, 1.54) is 12.1 Å². The minimum Gasteiger partial charge on any atom is -0.314 e. The molecule has 90 valence electrons. The van der Waals surface area contributed by atoms with Crippen molar-refractivity contribution in [2.45, 2.75) is 13.1 Å². The molecule has 0 saturated heterocycles. The van der Waals surface area contributed by atoms with Gasteiger partial charge in [-0.2, -0.15) is 5.10 Å². The lowest BCUT2D eigenvalue weighted by Gasteiger charge is -2.03. The number of hydrogen-bond acceptors (Lipinski definition) is 2. The van der Waals surface area contributed by atoms with Crippen molar-refractivity contribution in [3.63, 3.8) is 0 Å². The van der Waals surface area contributed by atoms with Crippen LogP contribution in [0.5, 0.6) is 0 Å². The van der Waals surface area contributed by atoms with Gasteiger partial charge in [0.2, 0.25) is 0 Å². The van der Waals surface area contributed by atoms with Crippen LogP contribution in [0.25, 0.3) is 0 Å². The molecule has 0 fully saturated rings. The van der Waals surface area contributed by atoms with E-state index in [-0.39, 0.29) is 0 Å². The fourth-order valence-corrected chi connectivity index (χ4v) is 1.59. The lowest BCUT2D eigenvalue weighted by molar-refractivity contribution is 0.556. The van der Waals surface area contributed by atoms with Crippen molar-refractivity contribution in [1.29, 1.82) is 0 Å². The van der Waals surface area contributed by atoms with E-state index in [0.717, 1.165) is 11.8 Å². The van der Waals surface area contributed by atoms with Crippen molar-refractivity contribution in [2.24, 2.45) is 0 Å². The molecule has 2 rings (SSSR count). The van der Waals surface area contributed by atoms with Gasteiger partial charge < -0.3 is 5.32 Å². The van der Waals surface area contributed by atoms with E-state index in [1.54, 1.807) is 10.9 Å². The SMILES string of the molecule is CNCc1ccn(Cc2ccc(F)cc2F)n1. The standard InChI is InChI=1S/C12H13F2N3/c1-15-7-11-4-5-17(16-11)8-9-2-3-10(13)6-12(9)14/h2-6,15H,7-8H2,1H3. The maximum atomic E-state index is 13.4. The Morgan fingerprint density at radius 3 is 2.82 bits per heavy atom. The first-order valence-electron chi connectivity index (χ1n) is 5.30. The molecule has 1 N–H and O–H groups in total. The minimum absolute atomic E-state index is 0.301. The number of nitrogens with zero attached hydrogens (tertiary/aromatic N) is 2. The minimum atomic E-state index is -0.567. The van der Waals surface area contributed by atoms with Crippen LogP contribution >= 0.6 is 0 Å². The predicted octanol–water partition coefficient (Wildman–Crippen LogP) is 1.93. The summed E-state index contributed by atoms with van der Waals surface area (Å²) in [5, 5.41) is 7.23. The summed E-state index contributed by atoms with van der Waals surface area (Å²) in [4.78, 5) is 0. The van der Waals surface area contributed by atoms with Gasteiger partial charge in [-0.1, -0.05) is 6.07 Å². The second-order valence-electron chi connectivity index (χ2n) is 3.77. The molecule has 1 aromatic heterocycles. The Bertz CT molecular complexity index is 508. The highest BCUT2D eigenvalue weighted by Crippen LogP contribution is 2.11. The fourth-order valence-electron chi connectivity index (χ4n) is 1.59. The monoisotopic (exact) mass is 237 g/mol. The van der Waals surface area contributed by atoms with Crippen LogP contribution in [0, 0.1) is 11.6 Å². The third kappa shape index (κ3) is 2.88. The number of hydrogen-bond donors (Lipinski definition) is 1. The number of aromatic nitrogens is 2. The average Bonchev–Trinajstić information content (AvgIpc) is 2.71. The summed E-state index contributed by atoms with van der Waals surface area (Å²) in [7, 11) is 1.83. The number of rotatable bonds is 4. The molecule has 1 heterocycles. The highest BCUT2D eigenvalue weighted by Gasteiger charge is 2.05. The topological polar surface area (TPSA) is 29.9 Å². The molecule has 0 saturated carbocycles. The van der Waals surface area contributed by atoms with E-state index in [1.807, 2.05) is 13.1 Å². The Morgan fingerprint density at radius 1 is 1.29 bits per heavy atom. The van der Waals surface area contributed by atoms with Crippen LogP contribution < -0.4 is 5.32 Å². The van der Waals surface area contributed by atoms with E-state index >= 15 is 0 Å². The zero-order valence-corrected chi connectivity index (χ0v) is 9.45. The molecule has 0 aliphatic heterocycles. The predicted molar refractivity (Wildman–Crippen MR) is 60.5 cm³/mol. The van der Waals surface area contributed by atoms with E-state index in [2.05, 4.69) is 10.4 Å². The first kappa shape index (κ1) is 11.7. The normalized spacial score (nSPS) is 10.8. The van der Waals surface area contributed by atoms with Gasteiger partial charge in [0.1, 0.15) is 11.6 Å². The van der Waals surface area contributed by atoms with Crippen LogP contribution in [0.4, 0.5) is 8.78 Å². The number of halogens is 2. The third-order valence-corrected chi connectivity index (χ3v) is 2.40. The number of benzene rings is 1. The van der Waals surface area contributed by atoms with Crippen LogP contribution in [-0.2, 0) is 13.1 Å². The summed E-state index contributed by atoms with van der Waals surface area (Å²) in [5.41, 5.74) is 1.31. The van der Waals surface area contributed by atoms with Crippen molar-refractivity contribution in [1.82, 2.24) is 15.1 Å². The van der Waals surface area contributed by atoms with Gasteiger partial charge in [0.15, 0.2) is 0 Å². The maximum absolute atomic E-state index is 13.4. The molecule has 0 amide bonds. The van der Waals surface area contributed by atoms with Crippen LogP contribution in [0.3, 0.4) is 0 Å². The van der Waals surface area contributed by atoms with Gasteiger partial charge in [-0.05, 0) is 19.2 Å². The summed E-state index contributed by atoms with van der Waals surface area (Å²) in [5.74, 6) is -1.11. The van der Waals surface area contributed by atoms with Gasteiger partial charge in [0.05, 0.1) is 12.2 Å². The molecule has 2 aromatic rings. The molecule has 0 atom stereocenters. The average molecular weight is 237 g/mol. The molecule has 5 heteroatoms. The Hall–Kier alpha value is -1.75. The van der Waals surface area contributed by atoms with Crippen molar-refractivity contribution in [2.75, 3.05) is 7.05 Å². The molecule has 0 unspecified atom stereocenters. The Balaban J connectivity index is 2.13. The van der Waals surface area contributed by atoms with E-state index in [9.17, 15) is 8.78 Å². The number of nitrogens with one attached hydrogen (secondary N) is 1. The maximum Gasteiger partial charge on any atom is 0.131 e. The van der Waals surface area contributed by atoms with Crippen LogP contribution in [0.15, 0.2) is 30.5 Å². The van der Waals surface area contributed by atoms with Crippen LogP contribution in [-0.4, -0.2) is 16.8 Å². The summed E-state index contributed by atoms with van der Waals surface area (Å²) in [6, 6.07) is 5.42. The molecular weight excluding hydrogens is 224 g/mol. The summed E-state index contributed by atoms with van der Waals surface area (Å²) >= 11 is 0.